The average Bonchev–Trinajstić information content (AvgIpc) is 2.91. The Balaban J connectivity index is 0.00000241. The summed E-state index contributed by atoms with van der Waals surface area (Å²) in [5, 5.41) is 11.8. The highest BCUT2D eigenvalue weighted by molar-refractivity contribution is 5.93. The third kappa shape index (κ3) is 8.99. The molecule has 1 N–H and O–H groups in total. The summed E-state index contributed by atoms with van der Waals surface area (Å²) in [6, 6.07) is 20.0. The minimum absolute atomic E-state index is 0. The minimum Gasteiger partial charge on any atom is -0.489 e. The molecule has 4 rings (SSSR count). The van der Waals surface area contributed by atoms with E-state index in [-0.39, 0.29) is 30.7 Å². The lowest BCUT2D eigenvalue weighted by Gasteiger charge is -2.28. The van der Waals surface area contributed by atoms with Crippen LogP contribution in [0.15, 0.2) is 60.7 Å². The first kappa shape index (κ1) is 30.6. The van der Waals surface area contributed by atoms with Crippen LogP contribution in [-0.2, 0) is 13.0 Å². The topological polar surface area (TPSA) is 67.4 Å². The maximum Gasteiger partial charge on any atom is 0.271 e. The molecule has 1 aliphatic heterocycles. The number of nitrogens with one attached hydrogen (secondary N) is 1. The van der Waals surface area contributed by atoms with Gasteiger partial charge in [-0.05, 0) is 81.1 Å². The fraction of sp³-hybridized carbons (Fsp3) is 0.414. The van der Waals surface area contributed by atoms with Gasteiger partial charge in [0.25, 0.3) is 5.91 Å². The maximum absolute atomic E-state index is 12.9. The van der Waals surface area contributed by atoms with E-state index >= 15 is 0 Å². The molecular formula is C29H38Cl2N4O2. The smallest absolute Gasteiger partial charge is 0.271 e. The normalized spacial score (nSPS) is 13.8. The van der Waals surface area contributed by atoms with Crippen LogP contribution in [-0.4, -0.2) is 47.7 Å². The van der Waals surface area contributed by atoms with Gasteiger partial charge in [-0.2, -0.15) is 5.10 Å². The van der Waals surface area contributed by atoms with Gasteiger partial charge >= 0.3 is 0 Å². The Hall–Kier alpha value is -2.67. The minimum atomic E-state index is -0.150. The average molecular weight is 546 g/mol. The van der Waals surface area contributed by atoms with Gasteiger partial charge in [0.05, 0.1) is 5.69 Å². The zero-order valence-corrected chi connectivity index (χ0v) is 23.3. The van der Waals surface area contributed by atoms with Crippen molar-refractivity contribution in [1.29, 1.82) is 0 Å². The summed E-state index contributed by atoms with van der Waals surface area (Å²) in [6.07, 6.45) is 5.17. The number of likely N-dealkylation sites (tertiary alicyclic amines) is 1. The lowest BCUT2D eigenvalue weighted by molar-refractivity contribution is 0.0933. The summed E-state index contributed by atoms with van der Waals surface area (Å²) in [5.74, 6) is 1.18. The van der Waals surface area contributed by atoms with Crippen molar-refractivity contribution in [2.45, 2.75) is 45.6 Å². The van der Waals surface area contributed by atoms with Crippen molar-refractivity contribution in [2.24, 2.45) is 5.92 Å². The Morgan fingerprint density at radius 2 is 1.73 bits per heavy atom. The van der Waals surface area contributed by atoms with E-state index in [4.69, 9.17) is 4.74 Å². The highest BCUT2D eigenvalue weighted by Gasteiger charge is 2.19. The van der Waals surface area contributed by atoms with Gasteiger partial charge in [0.1, 0.15) is 12.4 Å². The van der Waals surface area contributed by atoms with Crippen molar-refractivity contribution < 1.29 is 9.53 Å². The Kier molecular flexibility index (Phi) is 12.8. The number of halogens is 2. The molecule has 37 heavy (non-hydrogen) atoms. The van der Waals surface area contributed by atoms with Crippen LogP contribution in [0.25, 0.3) is 11.1 Å². The second kappa shape index (κ2) is 15.6. The molecule has 1 aliphatic rings. The zero-order valence-electron chi connectivity index (χ0n) is 21.7. The Morgan fingerprint density at radius 3 is 2.41 bits per heavy atom. The SMILES string of the molecule is CCCCc1nnc(C(=O)NCC2CCN(C)CC2)cc1-c1ccc(OCc2ccccc2)cc1.Cl.Cl. The van der Waals surface area contributed by atoms with Crippen molar-refractivity contribution in [3.63, 3.8) is 0 Å². The van der Waals surface area contributed by atoms with Crippen LogP contribution < -0.4 is 10.1 Å². The van der Waals surface area contributed by atoms with E-state index in [9.17, 15) is 4.79 Å². The molecule has 8 heteroatoms. The van der Waals surface area contributed by atoms with Gasteiger partial charge in [-0.15, -0.1) is 29.9 Å². The number of amides is 1. The molecule has 0 radical (unpaired) electrons. The largest absolute Gasteiger partial charge is 0.489 e. The Morgan fingerprint density at radius 1 is 1.03 bits per heavy atom. The fourth-order valence-electron chi connectivity index (χ4n) is 4.37. The van der Waals surface area contributed by atoms with Crippen LogP contribution in [0, 0.1) is 5.92 Å². The molecule has 0 unspecified atom stereocenters. The van der Waals surface area contributed by atoms with Crippen LogP contribution >= 0.6 is 24.8 Å². The van der Waals surface area contributed by atoms with Crippen LogP contribution in [0.5, 0.6) is 5.75 Å². The van der Waals surface area contributed by atoms with Gasteiger partial charge in [-0.3, -0.25) is 4.79 Å². The quantitative estimate of drug-likeness (QED) is 0.340. The van der Waals surface area contributed by atoms with Crippen molar-refractivity contribution in [3.05, 3.63) is 77.6 Å². The standard InChI is InChI=1S/C29H36N4O2.2ClH/c1-3-4-10-27-26(24-11-13-25(14-12-24)35-21-23-8-6-5-7-9-23)19-28(32-31-27)29(34)30-20-22-15-17-33(2)18-16-22;;/h5-9,11-14,19,22H,3-4,10,15-18,20-21H2,1-2H3,(H,30,34);2*1H. The number of aryl methyl sites for hydroxylation is 1. The maximum atomic E-state index is 12.9. The molecule has 3 aromatic rings. The molecule has 0 bridgehead atoms. The summed E-state index contributed by atoms with van der Waals surface area (Å²) < 4.78 is 5.94. The molecule has 0 atom stereocenters. The van der Waals surface area contributed by atoms with Gasteiger partial charge in [0, 0.05) is 12.1 Å². The second-order valence-corrected chi connectivity index (χ2v) is 9.45. The molecule has 2 aromatic carbocycles. The van der Waals surface area contributed by atoms with E-state index in [1.165, 1.54) is 0 Å². The number of piperidine rings is 1. The summed E-state index contributed by atoms with van der Waals surface area (Å²) in [5.41, 5.74) is 4.41. The monoisotopic (exact) mass is 544 g/mol. The van der Waals surface area contributed by atoms with Gasteiger partial charge in [0.2, 0.25) is 0 Å². The first-order valence-electron chi connectivity index (χ1n) is 12.7. The van der Waals surface area contributed by atoms with Crippen LogP contribution in [0.2, 0.25) is 0 Å². The van der Waals surface area contributed by atoms with Crippen LogP contribution in [0.3, 0.4) is 0 Å². The van der Waals surface area contributed by atoms with Gasteiger partial charge in [0.15, 0.2) is 5.69 Å². The molecule has 1 fully saturated rings. The molecular weight excluding hydrogens is 507 g/mol. The third-order valence-electron chi connectivity index (χ3n) is 6.67. The number of nitrogens with zero attached hydrogens (tertiary/aromatic N) is 3. The molecule has 0 aliphatic carbocycles. The second-order valence-electron chi connectivity index (χ2n) is 9.45. The number of aromatic nitrogens is 2. The number of ether oxygens (including phenoxy) is 1. The number of hydrogen-bond donors (Lipinski definition) is 1. The highest BCUT2D eigenvalue weighted by Crippen LogP contribution is 2.27. The van der Waals surface area contributed by atoms with Crippen molar-refractivity contribution in [3.8, 4) is 16.9 Å². The number of carbonyl (C=O) groups excluding carboxylic acids is 1. The van der Waals surface area contributed by atoms with Gasteiger partial charge in [-0.25, -0.2) is 0 Å². The van der Waals surface area contributed by atoms with Crippen molar-refractivity contribution >= 4 is 30.7 Å². The number of unbranched alkanes of at least 4 members (excludes halogenated alkanes) is 1. The highest BCUT2D eigenvalue weighted by atomic mass is 35.5. The molecule has 6 nitrogen and oxygen atoms in total. The van der Waals surface area contributed by atoms with Gasteiger partial charge in [-0.1, -0.05) is 55.8 Å². The fourth-order valence-corrected chi connectivity index (χ4v) is 4.37. The van der Waals surface area contributed by atoms with E-state index in [1.54, 1.807) is 0 Å². The summed E-state index contributed by atoms with van der Waals surface area (Å²) in [4.78, 5) is 15.2. The van der Waals surface area contributed by atoms with E-state index in [2.05, 4.69) is 46.5 Å². The Bertz CT molecular complexity index is 1090. The lowest BCUT2D eigenvalue weighted by Crippen LogP contribution is -2.37. The molecule has 1 saturated heterocycles. The number of benzene rings is 2. The Labute approximate surface area is 233 Å². The lowest BCUT2D eigenvalue weighted by atomic mass is 9.97. The van der Waals surface area contributed by atoms with Crippen LogP contribution in [0.1, 0.15) is 54.4 Å². The van der Waals surface area contributed by atoms with Crippen LogP contribution in [0.4, 0.5) is 0 Å². The molecule has 2 heterocycles. The summed E-state index contributed by atoms with van der Waals surface area (Å²) >= 11 is 0. The van der Waals surface area contributed by atoms with E-state index in [0.29, 0.717) is 24.8 Å². The first-order valence-corrected chi connectivity index (χ1v) is 12.7. The number of hydrogen-bond acceptors (Lipinski definition) is 5. The summed E-state index contributed by atoms with van der Waals surface area (Å²) in [7, 11) is 2.15. The van der Waals surface area contributed by atoms with Crippen molar-refractivity contribution in [2.75, 3.05) is 26.7 Å². The van der Waals surface area contributed by atoms with Gasteiger partial charge < -0.3 is 15.0 Å². The molecule has 200 valence electrons. The molecule has 0 spiro atoms. The predicted octanol–water partition coefficient (Wildman–Crippen LogP) is 5.98. The number of rotatable bonds is 10. The third-order valence-corrected chi connectivity index (χ3v) is 6.67. The van der Waals surface area contributed by atoms with E-state index in [0.717, 1.165) is 73.3 Å². The first-order chi connectivity index (χ1) is 17.1. The molecule has 1 amide bonds. The number of carbonyl (C=O) groups is 1. The zero-order chi connectivity index (χ0) is 24.5. The van der Waals surface area contributed by atoms with E-state index < -0.39 is 0 Å². The predicted molar refractivity (Wildman–Crippen MR) is 154 cm³/mol. The summed E-state index contributed by atoms with van der Waals surface area (Å²) in [6.45, 7) is 5.55. The van der Waals surface area contributed by atoms with E-state index in [1.807, 2.05) is 48.5 Å². The van der Waals surface area contributed by atoms with Crippen molar-refractivity contribution in [1.82, 2.24) is 20.4 Å². The molecule has 1 aromatic heterocycles. The molecule has 0 saturated carbocycles.